The lowest BCUT2D eigenvalue weighted by Gasteiger charge is -2.33. The molecule has 1 aliphatic rings. The van der Waals surface area contributed by atoms with Gasteiger partial charge in [-0.25, -0.2) is 8.42 Å². The third kappa shape index (κ3) is 5.42. The van der Waals surface area contributed by atoms with Crippen LogP contribution in [-0.4, -0.2) is 19.6 Å². The van der Waals surface area contributed by atoms with E-state index in [1.807, 2.05) is 79.4 Å². The minimum atomic E-state index is -3.67. The molecule has 0 saturated heterocycles. The van der Waals surface area contributed by atoms with Crippen molar-refractivity contribution in [2.24, 2.45) is 0 Å². The highest BCUT2D eigenvalue weighted by Crippen LogP contribution is 2.48. The molecular weight excluding hydrogens is 521 g/mol. The van der Waals surface area contributed by atoms with Crippen molar-refractivity contribution in [2.75, 3.05) is 9.62 Å². The van der Waals surface area contributed by atoms with E-state index in [9.17, 15) is 13.2 Å². The number of aryl methyl sites for hydroxylation is 1. The van der Waals surface area contributed by atoms with Gasteiger partial charge in [-0.15, -0.1) is 11.8 Å². The number of nitrogens with one attached hydrogen (secondary N) is 1. The van der Waals surface area contributed by atoms with Crippen molar-refractivity contribution >= 4 is 56.5 Å². The van der Waals surface area contributed by atoms with Crippen LogP contribution in [0.5, 0.6) is 0 Å². The standard InChI is InChI=1S/C29H26N2O3S3/c1-3-26(29(32)31-24-8-4-6-10-27(24)36-28-11-7-5-9-25(28)31)35-22-16-14-21(15-17-22)30-37(33,34)23-18-12-20(2)13-19-23/h4-19,26,30H,3H2,1-2H3. The second kappa shape index (κ2) is 10.7. The number of fused-ring (bicyclic) bond motifs is 2. The fourth-order valence-corrected chi connectivity index (χ4v) is 7.20. The first-order chi connectivity index (χ1) is 17.9. The third-order valence-corrected chi connectivity index (χ3v) is 9.91. The van der Waals surface area contributed by atoms with Gasteiger partial charge in [0.15, 0.2) is 0 Å². The molecule has 1 unspecified atom stereocenters. The van der Waals surface area contributed by atoms with Crippen molar-refractivity contribution in [2.45, 2.75) is 45.1 Å². The summed E-state index contributed by atoms with van der Waals surface area (Å²) >= 11 is 3.16. The molecule has 1 amide bonds. The Morgan fingerprint density at radius 1 is 0.865 bits per heavy atom. The molecule has 5 rings (SSSR count). The van der Waals surface area contributed by atoms with Crippen LogP contribution in [0.25, 0.3) is 0 Å². The molecule has 0 radical (unpaired) electrons. The fourth-order valence-electron chi connectivity index (χ4n) is 4.09. The lowest BCUT2D eigenvalue weighted by Crippen LogP contribution is -2.35. The molecule has 1 heterocycles. The average molecular weight is 547 g/mol. The molecule has 0 aromatic heterocycles. The number of sulfonamides is 1. The van der Waals surface area contributed by atoms with Crippen molar-refractivity contribution in [1.29, 1.82) is 0 Å². The van der Waals surface area contributed by atoms with E-state index in [0.29, 0.717) is 12.1 Å². The highest BCUT2D eigenvalue weighted by Gasteiger charge is 2.32. The summed E-state index contributed by atoms with van der Waals surface area (Å²) in [6.07, 6.45) is 0.652. The van der Waals surface area contributed by atoms with Gasteiger partial charge in [0, 0.05) is 20.4 Å². The summed E-state index contributed by atoms with van der Waals surface area (Å²) in [5.41, 5.74) is 3.27. The maximum atomic E-state index is 13.9. The number of nitrogens with zero attached hydrogens (tertiary/aromatic N) is 1. The van der Waals surface area contributed by atoms with Crippen LogP contribution in [0.2, 0.25) is 0 Å². The Labute approximate surface area is 226 Å². The summed E-state index contributed by atoms with van der Waals surface area (Å²) in [4.78, 5) is 19.0. The number of hydrogen-bond acceptors (Lipinski definition) is 5. The Morgan fingerprint density at radius 3 is 2.00 bits per heavy atom. The van der Waals surface area contributed by atoms with Gasteiger partial charge in [0.2, 0.25) is 5.91 Å². The van der Waals surface area contributed by atoms with Gasteiger partial charge in [-0.05, 0) is 74.0 Å². The first kappa shape index (κ1) is 25.4. The van der Waals surface area contributed by atoms with Crippen LogP contribution < -0.4 is 9.62 Å². The summed E-state index contributed by atoms with van der Waals surface area (Å²) in [6.45, 7) is 3.92. The summed E-state index contributed by atoms with van der Waals surface area (Å²) in [5, 5.41) is -0.306. The SMILES string of the molecule is CCC(Sc1ccc(NS(=O)(=O)c2ccc(C)cc2)cc1)C(=O)N1c2ccccc2Sc2ccccc21. The maximum Gasteiger partial charge on any atom is 0.261 e. The van der Waals surface area contributed by atoms with E-state index in [1.54, 1.807) is 48.2 Å². The molecule has 1 N–H and O–H groups in total. The second-order valence-electron chi connectivity index (χ2n) is 8.67. The van der Waals surface area contributed by atoms with Gasteiger partial charge in [-0.2, -0.15) is 0 Å². The van der Waals surface area contributed by atoms with E-state index < -0.39 is 10.0 Å². The monoisotopic (exact) mass is 546 g/mol. The molecular formula is C29H26N2O3S3. The fraction of sp³-hybridized carbons (Fsp3) is 0.138. The van der Waals surface area contributed by atoms with E-state index in [1.165, 1.54) is 11.8 Å². The van der Waals surface area contributed by atoms with Crippen LogP contribution in [0.15, 0.2) is 117 Å². The Kier molecular flexibility index (Phi) is 7.33. The number of anilines is 3. The van der Waals surface area contributed by atoms with E-state index >= 15 is 0 Å². The van der Waals surface area contributed by atoms with E-state index in [0.717, 1.165) is 31.6 Å². The van der Waals surface area contributed by atoms with Crippen LogP contribution >= 0.6 is 23.5 Å². The van der Waals surface area contributed by atoms with Crippen molar-refractivity contribution in [3.8, 4) is 0 Å². The third-order valence-electron chi connectivity index (χ3n) is 6.02. The van der Waals surface area contributed by atoms with Gasteiger partial charge < -0.3 is 0 Å². The second-order valence-corrected chi connectivity index (χ2v) is 12.7. The van der Waals surface area contributed by atoms with Crippen LogP contribution in [0.1, 0.15) is 18.9 Å². The Morgan fingerprint density at radius 2 is 1.43 bits per heavy atom. The number of para-hydroxylation sites is 2. The predicted molar refractivity (Wildman–Crippen MR) is 153 cm³/mol. The number of amides is 1. The quantitative estimate of drug-likeness (QED) is 0.243. The first-order valence-electron chi connectivity index (χ1n) is 11.9. The molecule has 4 aromatic carbocycles. The largest absolute Gasteiger partial charge is 0.280 e. The molecule has 8 heteroatoms. The highest BCUT2D eigenvalue weighted by molar-refractivity contribution is 8.00. The lowest BCUT2D eigenvalue weighted by molar-refractivity contribution is -0.117. The lowest BCUT2D eigenvalue weighted by atomic mass is 10.2. The van der Waals surface area contributed by atoms with Crippen molar-refractivity contribution < 1.29 is 13.2 Å². The van der Waals surface area contributed by atoms with Gasteiger partial charge in [-0.3, -0.25) is 14.4 Å². The van der Waals surface area contributed by atoms with E-state index in [-0.39, 0.29) is 16.1 Å². The number of carbonyl (C=O) groups is 1. The molecule has 188 valence electrons. The predicted octanol–water partition coefficient (Wildman–Crippen LogP) is 7.50. The molecule has 0 spiro atoms. The van der Waals surface area contributed by atoms with Crippen LogP contribution in [-0.2, 0) is 14.8 Å². The molecule has 0 saturated carbocycles. The van der Waals surface area contributed by atoms with Gasteiger partial charge in [-0.1, -0.05) is 60.6 Å². The molecule has 0 fully saturated rings. The highest BCUT2D eigenvalue weighted by atomic mass is 32.2. The van der Waals surface area contributed by atoms with Crippen LogP contribution in [0.3, 0.4) is 0 Å². The van der Waals surface area contributed by atoms with Crippen molar-refractivity contribution in [3.05, 3.63) is 103 Å². The Hall–Kier alpha value is -3.20. The van der Waals surface area contributed by atoms with Gasteiger partial charge in [0.25, 0.3) is 10.0 Å². The number of thioether (sulfide) groups is 1. The van der Waals surface area contributed by atoms with Crippen LogP contribution in [0.4, 0.5) is 17.1 Å². The zero-order valence-electron chi connectivity index (χ0n) is 20.4. The summed E-state index contributed by atoms with van der Waals surface area (Å²) in [7, 11) is -3.67. The van der Waals surface area contributed by atoms with E-state index in [4.69, 9.17) is 0 Å². The number of rotatable bonds is 7. The molecule has 0 aliphatic carbocycles. The molecule has 1 atom stereocenters. The molecule has 5 nitrogen and oxygen atoms in total. The van der Waals surface area contributed by atoms with Crippen LogP contribution in [0, 0.1) is 6.92 Å². The molecule has 37 heavy (non-hydrogen) atoms. The van der Waals surface area contributed by atoms with Gasteiger partial charge in [0.05, 0.1) is 21.5 Å². The van der Waals surface area contributed by atoms with Crippen molar-refractivity contribution in [1.82, 2.24) is 0 Å². The minimum Gasteiger partial charge on any atom is -0.280 e. The summed E-state index contributed by atoms with van der Waals surface area (Å²) < 4.78 is 28.1. The number of carbonyl (C=O) groups excluding carboxylic acids is 1. The average Bonchev–Trinajstić information content (AvgIpc) is 2.91. The van der Waals surface area contributed by atoms with Gasteiger partial charge in [0.1, 0.15) is 0 Å². The zero-order chi connectivity index (χ0) is 26.0. The zero-order valence-corrected chi connectivity index (χ0v) is 22.9. The molecule has 4 aromatic rings. The molecule has 1 aliphatic heterocycles. The smallest absolute Gasteiger partial charge is 0.261 e. The maximum absolute atomic E-state index is 13.9. The van der Waals surface area contributed by atoms with E-state index in [2.05, 4.69) is 4.72 Å². The first-order valence-corrected chi connectivity index (χ1v) is 15.1. The number of benzene rings is 4. The Bertz CT molecular complexity index is 1490. The topological polar surface area (TPSA) is 66.5 Å². The normalized spacial score (nSPS) is 13.4. The summed E-state index contributed by atoms with van der Waals surface area (Å²) in [5.74, 6) is 0.0249. The summed E-state index contributed by atoms with van der Waals surface area (Å²) in [6, 6.07) is 29.8. The number of hydrogen-bond donors (Lipinski definition) is 1. The molecule has 0 bridgehead atoms. The van der Waals surface area contributed by atoms with Gasteiger partial charge >= 0.3 is 0 Å². The Balaban J connectivity index is 1.35. The van der Waals surface area contributed by atoms with Crippen molar-refractivity contribution in [3.63, 3.8) is 0 Å². The minimum absolute atomic E-state index is 0.0249.